The van der Waals surface area contributed by atoms with Crippen LogP contribution in [0.5, 0.6) is 0 Å². The maximum absolute atomic E-state index is 11.8. The molecule has 0 saturated heterocycles. The maximum atomic E-state index is 11.8. The number of hydrogen-bond acceptors (Lipinski definition) is 3. The first-order valence-electron chi connectivity index (χ1n) is 3.25. The van der Waals surface area contributed by atoms with Gasteiger partial charge in [0, 0.05) is 0 Å². The van der Waals surface area contributed by atoms with Crippen molar-refractivity contribution in [1.29, 1.82) is 0 Å². The molecule has 1 aromatic heterocycles. The molecule has 0 amide bonds. The topological polar surface area (TPSA) is 37.8 Å². The van der Waals surface area contributed by atoms with Crippen molar-refractivity contribution in [1.82, 2.24) is 9.97 Å². The summed E-state index contributed by atoms with van der Waals surface area (Å²) in [6.07, 6.45) is -1.74. The van der Waals surface area contributed by atoms with Crippen molar-refractivity contribution in [3.05, 3.63) is 17.1 Å². The molecule has 0 aliphatic carbocycles. The first-order valence-corrected chi connectivity index (χ1v) is 4.04. The van der Waals surface area contributed by atoms with Crippen LogP contribution < -0.4 is 5.32 Å². The van der Waals surface area contributed by atoms with E-state index in [1.165, 1.54) is 12.5 Å². The molecule has 0 aliphatic rings. The molecule has 0 unspecified atom stereocenters. The van der Waals surface area contributed by atoms with Crippen LogP contribution in [0.15, 0.2) is 17.1 Å². The predicted octanol–water partition coefficient (Wildman–Crippen LogP) is 2.21. The van der Waals surface area contributed by atoms with Crippen LogP contribution >= 0.6 is 15.9 Å². The van der Waals surface area contributed by atoms with Crippen LogP contribution in [0.1, 0.15) is 0 Å². The molecular weight excluding hydrogens is 251 g/mol. The summed E-state index contributed by atoms with van der Waals surface area (Å²) in [5.41, 5.74) is 0.222. The van der Waals surface area contributed by atoms with Gasteiger partial charge in [-0.1, -0.05) is 0 Å². The highest BCUT2D eigenvalue weighted by molar-refractivity contribution is 9.10. The Kier molecular flexibility index (Phi) is 3.07. The highest BCUT2D eigenvalue weighted by Gasteiger charge is 2.26. The van der Waals surface area contributed by atoms with E-state index < -0.39 is 12.7 Å². The maximum Gasteiger partial charge on any atom is 0.405 e. The van der Waals surface area contributed by atoms with E-state index in [1.54, 1.807) is 0 Å². The third kappa shape index (κ3) is 3.58. The molecule has 0 bridgehead atoms. The molecule has 0 fully saturated rings. The van der Waals surface area contributed by atoms with Crippen LogP contribution in [0.25, 0.3) is 0 Å². The summed E-state index contributed by atoms with van der Waals surface area (Å²) in [5, 5.41) is 2.16. The van der Waals surface area contributed by atoms with Crippen molar-refractivity contribution in [2.75, 3.05) is 11.9 Å². The Morgan fingerprint density at radius 1 is 1.46 bits per heavy atom. The number of nitrogens with zero attached hydrogens (tertiary/aromatic N) is 2. The Hall–Kier alpha value is -0.850. The number of halogens is 4. The fourth-order valence-corrected chi connectivity index (χ4v) is 0.963. The van der Waals surface area contributed by atoms with Gasteiger partial charge >= 0.3 is 6.18 Å². The number of anilines is 1. The fraction of sp³-hybridized carbons (Fsp3) is 0.333. The van der Waals surface area contributed by atoms with Gasteiger partial charge in [0.2, 0.25) is 0 Å². The van der Waals surface area contributed by atoms with Gasteiger partial charge in [-0.25, -0.2) is 9.97 Å². The van der Waals surface area contributed by atoms with E-state index in [9.17, 15) is 13.2 Å². The SMILES string of the molecule is FC(F)(F)CNc1cncnc1Br. The average Bonchev–Trinajstić information content (AvgIpc) is 2.01. The van der Waals surface area contributed by atoms with Crippen LogP contribution in [-0.4, -0.2) is 22.7 Å². The van der Waals surface area contributed by atoms with Crippen molar-refractivity contribution in [3.63, 3.8) is 0 Å². The molecule has 0 atom stereocenters. The first kappa shape index (κ1) is 10.2. The average molecular weight is 256 g/mol. The number of rotatable bonds is 2. The zero-order chi connectivity index (χ0) is 9.90. The third-order valence-electron chi connectivity index (χ3n) is 1.14. The number of alkyl halides is 3. The monoisotopic (exact) mass is 255 g/mol. The Morgan fingerprint density at radius 2 is 2.15 bits per heavy atom. The molecule has 1 aromatic rings. The van der Waals surface area contributed by atoms with E-state index in [1.807, 2.05) is 0 Å². The summed E-state index contributed by atoms with van der Waals surface area (Å²) in [6, 6.07) is 0. The van der Waals surface area contributed by atoms with Crippen LogP contribution in [0.4, 0.5) is 18.9 Å². The third-order valence-corrected chi connectivity index (χ3v) is 1.77. The minimum atomic E-state index is -4.24. The lowest BCUT2D eigenvalue weighted by molar-refractivity contribution is -0.115. The van der Waals surface area contributed by atoms with Crippen LogP contribution in [0.2, 0.25) is 0 Å². The number of hydrogen-bond donors (Lipinski definition) is 1. The van der Waals surface area contributed by atoms with E-state index in [4.69, 9.17) is 0 Å². The van der Waals surface area contributed by atoms with Gasteiger partial charge in [0.25, 0.3) is 0 Å². The Balaban J connectivity index is 2.60. The van der Waals surface area contributed by atoms with Gasteiger partial charge in [-0.3, -0.25) is 0 Å². The minimum Gasteiger partial charge on any atom is -0.373 e. The van der Waals surface area contributed by atoms with Gasteiger partial charge in [0.15, 0.2) is 0 Å². The Morgan fingerprint density at radius 3 is 2.69 bits per heavy atom. The van der Waals surface area contributed by atoms with Crippen molar-refractivity contribution in [2.45, 2.75) is 6.18 Å². The fourth-order valence-electron chi connectivity index (χ4n) is 0.629. The zero-order valence-electron chi connectivity index (χ0n) is 6.27. The molecule has 0 saturated carbocycles. The molecule has 7 heteroatoms. The molecule has 0 spiro atoms. The molecule has 1 N–H and O–H groups in total. The van der Waals surface area contributed by atoms with Crippen LogP contribution in [0.3, 0.4) is 0 Å². The van der Waals surface area contributed by atoms with Gasteiger partial charge in [-0.15, -0.1) is 0 Å². The lowest BCUT2D eigenvalue weighted by Gasteiger charge is -2.09. The molecule has 3 nitrogen and oxygen atoms in total. The predicted molar refractivity (Wildman–Crippen MR) is 44.3 cm³/mol. The summed E-state index contributed by atoms with van der Waals surface area (Å²) in [7, 11) is 0. The van der Waals surface area contributed by atoms with E-state index in [2.05, 4.69) is 31.2 Å². The van der Waals surface area contributed by atoms with Crippen molar-refractivity contribution in [2.24, 2.45) is 0 Å². The summed E-state index contributed by atoms with van der Waals surface area (Å²) in [6.45, 7) is -1.10. The van der Waals surface area contributed by atoms with Gasteiger partial charge in [-0.2, -0.15) is 13.2 Å². The summed E-state index contributed by atoms with van der Waals surface area (Å²) < 4.78 is 35.6. The molecule has 72 valence electrons. The number of nitrogens with one attached hydrogen (secondary N) is 1. The normalized spacial score (nSPS) is 11.4. The lowest BCUT2D eigenvalue weighted by atomic mass is 10.5. The first-order chi connectivity index (χ1) is 5.99. The van der Waals surface area contributed by atoms with Gasteiger partial charge in [0.05, 0.1) is 11.9 Å². The molecule has 1 rings (SSSR count). The van der Waals surface area contributed by atoms with Gasteiger partial charge < -0.3 is 5.32 Å². The largest absolute Gasteiger partial charge is 0.405 e. The summed E-state index contributed by atoms with van der Waals surface area (Å²) >= 11 is 2.98. The highest BCUT2D eigenvalue weighted by Crippen LogP contribution is 2.20. The molecule has 0 aliphatic heterocycles. The van der Waals surface area contributed by atoms with Gasteiger partial charge in [0.1, 0.15) is 17.5 Å². The van der Waals surface area contributed by atoms with E-state index in [-0.39, 0.29) is 5.69 Å². The summed E-state index contributed by atoms with van der Waals surface area (Å²) in [4.78, 5) is 7.23. The highest BCUT2D eigenvalue weighted by atomic mass is 79.9. The van der Waals surface area contributed by atoms with Crippen molar-refractivity contribution >= 4 is 21.6 Å². The van der Waals surface area contributed by atoms with Crippen molar-refractivity contribution in [3.8, 4) is 0 Å². The summed E-state index contributed by atoms with van der Waals surface area (Å²) in [5.74, 6) is 0. The smallest absolute Gasteiger partial charge is 0.373 e. The van der Waals surface area contributed by atoms with E-state index >= 15 is 0 Å². The van der Waals surface area contributed by atoms with E-state index in [0.717, 1.165) is 0 Å². The van der Waals surface area contributed by atoms with E-state index in [0.29, 0.717) is 4.60 Å². The van der Waals surface area contributed by atoms with Crippen LogP contribution in [0, 0.1) is 0 Å². The number of aromatic nitrogens is 2. The Labute approximate surface area is 80.5 Å². The molecule has 13 heavy (non-hydrogen) atoms. The second-order valence-corrected chi connectivity index (χ2v) is 2.95. The standard InChI is InChI=1S/C6H5BrF3N3/c7-5-4(1-11-3-13-5)12-2-6(8,9)10/h1,3,12H,2H2. The van der Waals surface area contributed by atoms with Crippen LogP contribution in [-0.2, 0) is 0 Å². The molecule has 0 radical (unpaired) electrons. The quantitative estimate of drug-likeness (QED) is 0.824. The molecule has 0 aromatic carbocycles. The minimum absolute atomic E-state index is 0.222. The lowest BCUT2D eigenvalue weighted by Crippen LogP contribution is -2.21. The zero-order valence-corrected chi connectivity index (χ0v) is 7.85. The van der Waals surface area contributed by atoms with Gasteiger partial charge in [-0.05, 0) is 15.9 Å². The molecular formula is C6H5BrF3N3. The molecule has 1 heterocycles. The Bertz CT molecular complexity index is 289. The van der Waals surface area contributed by atoms with Crippen molar-refractivity contribution < 1.29 is 13.2 Å². The second kappa shape index (κ2) is 3.91. The second-order valence-electron chi connectivity index (χ2n) is 2.20.